The van der Waals surface area contributed by atoms with Crippen LogP contribution in [-0.2, 0) is 11.3 Å². The second-order valence-corrected chi connectivity index (χ2v) is 8.16. The van der Waals surface area contributed by atoms with E-state index < -0.39 is 5.60 Å². The first kappa shape index (κ1) is 20.7. The number of nitrogens with zero attached hydrogens (tertiary/aromatic N) is 5. The van der Waals surface area contributed by atoms with Gasteiger partial charge in [0.1, 0.15) is 5.60 Å². The fourth-order valence-corrected chi connectivity index (χ4v) is 3.35. The number of likely N-dealkylation sites (tertiary alicyclic amines) is 1. The molecule has 1 amide bonds. The smallest absolute Gasteiger partial charge is 0.407 e. The third-order valence-electron chi connectivity index (χ3n) is 4.76. The first-order chi connectivity index (χ1) is 13.7. The van der Waals surface area contributed by atoms with Crippen molar-refractivity contribution in [2.24, 2.45) is 0 Å². The number of pyridine rings is 1. The molecule has 0 saturated carbocycles. The van der Waals surface area contributed by atoms with Crippen molar-refractivity contribution in [3.63, 3.8) is 0 Å². The molecule has 9 heteroatoms. The minimum absolute atomic E-state index is 0.0935. The molecule has 0 spiro atoms. The summed E-state index contributed by atoms with van der Waals surface area (Å²) in [5, 5.41) is 2.93. The van der Waals surface area contributed by atoms with Crippen LogP contribution in [-0.4, -0.2) is 56.8 Å². The largest absolute Gasteiger partial charge is 0.444 e. The molecule has 1 saturated heterocycles. The molecule has 154 valence electrons. The predicted octanol–water partition coefficient (Wildman–Crippen LogP) is 2.33. The van der Waals surface area contributed by atoms with Gasteiger partial charge < -0.3 is 19.5 Å². The van der Waals surface area contributed by atoms with Gasteiger partial charge in [0.2, 0.25) is 5.69 Å². The number of piperidine rings is 1. The highest BCUT2D eigenvalue weighted by Gasteiger charge is 2.23. The number of hydrogen-bond acceptors (Lipinski definition) is 6. The number of amides is 1. The number of aromatic nitrogens is 3. The first-order valence-corrected chi connectivity index (χ1v) is 9.70. The maximum absolute atomic E-state index is 12.3. The molecule has 1 N–H and O–H groups in total. The SMILES string of the molecule is [C-]#[N+]c1cnc2ncc(=O)n(CCN3CCC(NC(=O)OC(C)(C)C)CC3)c2c1. The summed E-state index contributed by atoms with van der Waals surface area (Å²) in [6.07, 6.45) is 4.00. The van der Waals surface area contributed by atoms with Crippen molar-refractivity contribution in [3.8, 4) is 0 Å². The molecule has 0 radical (unpaired) electrons. The second-order valence-electron chi connectivity index (χ2n) is 8.16. The molecule has 0 atom stereocenters. The molecule has 3 rings (SSSR count). The van der Waals surface area contributed by atoms with Crippen molar-refractivity contribution in [2.45, 2.75) is 51.8 Å². The molecule has 3 heterocycles. The molecule has 2 aromatic rings. The van der Waals surface area contributed by atoms with Crippen molar-refractivity contribution in [1.82, 2.24) is 24.8 Å². The van der Waals surface area contributed by atoms with Crippen LogP contribution >= 0.6 is 0 Å². The minimum Gasteiger partial charge on any atom is -0.444 e. The van der Waals surface area contributed by atoms with Gasteiger partial charge in [-0.3, -0.25) is 4.79 Å². The lowest BCUT2D eigenvalue weighted by Gasteiger charge is -2.33. The van der Waals surface area contributed by atoms with E-state index in [-0.39, 0.29) is 17.7 Å². The van der Waals surface area contributed by atoms with Gasteiger partial charge in [-0.15, -0.1) is 0 Å². The van der Waals surface area contributed by atoms with Gasteiger partial charge in [-0.1, -0.05) is 0 Å². The molecule has 0 aromatic carbocycles. The van der Waals surface area contributed by atoms with E-state index in [1.54, 1.807) is 10.6 Å². The summed E-state index contributed by atoms with van der Waals surface area (Å²) in [4.78, 5) is 38.1. The fourth-order valence-electron chi connectivity index (χ4n) is 3.35. The van der Waals surface area contributed by atoms with Gasteiger partial charge in [0.05, 0.1) is 18.3 Å². The van der Waals surface area contributed by atoms with Gasteiger partial charge in [-0.2, -0.15) is 0 Å². The summed E-state index contributed by atoms with van der Waals surface area (Å²) in [6.45, 7) is 15.5. The van der Waals surface area contributed by atoms with Gasteiger partial charge in [0, 0.05) is 38.4 Å². The van der Waals surface area contributed by atoms with E-state index in [0.29, 0.717) is 29.9 Å². The number of carbonyl (C=O) groups excluding carboxylic acids is 1. The Kier molecular flexibility index (Phi) is 6.13. The second kappa shape index (κ2) is 8.57. The van der Waals surface area contributed by atoms with Crippen LogP contribution in [0.2, 0.25) is 0 Å². The van der Waals surface area contributed by atoms with E-state index in [1.807, 2.05) is 20.8 Å². The Morgan fingerprint density at radius 3 is 2.62 bits per heavy atom. The van der Waals surface area contributed by atoms with Crippen LogP contribution in [0.15, 0.2) is 23.3 Å². The van der Waals surface area contributed by atoms with E-state index in [4.69, 9.17) is 11.3 Å². The number of rotatable bonds is 4. The Labute approximate surface area is 169 Å². The monoisotopic (exact) mass is 398 g/mol. The summed E-state index contributed by atoms with van der Waals surface area (Å²) in [7, 11) is 0. The van der Waals surface area contributed by atoms with E-state index in [1.165, 1.54) is 12.4 Å². The minimum atomic E-state index is -0.507. The third-order valence-corrected chi connectivity index (χ3v) is 4.76. The number of ether oxygens (including phenoxy) is 1. The standard InChI is InChI=1S/C20H26N6O3/c1-20(2,3)29-19(28)24-14-5-7-25(8-6-14)9-10-26-16-11-15(21-4)12-22-18(16)23-13-17(26)27/h11-14H,5-10H2,1-3H3,(H,24,28). The summed E-state index contributed by atoms with van der Waals surface area (Å²) in [5.41, 5.74) is 0.702. The van der Waals surface area contributed by atoms with Crippen LogP contribution in [0.3, 0.4) is 0 Å². The van der Waals surface area contributed by atoms with Crippen LogP contribution in [0.5, 0.6) is 0 Å². The van der Waals surface area contributed by atoms with Crippen molar-refractivity contribution in [3.05, 3.63) is 40.2 Å². The van der Waals surface area contributed by atoms with Gasteiger partial charge in [-0.25, -0.2) is 19.6 Å². The summed E-state index contributed by atoms with van der Waals surface area (Å²) < 4.78 is 6.93. The van der Waals surface area contributed by atoms with Crippen LogP contribution in [0.25, 0.3) is 16.0 Å². The molecular weight excluding hydrogens is 372 g/mol. The lowest BCUT2D eigenvalue weighted by atomic mass is 10.1. The number of carbonyl (C=O) groups is 1. The number of fused-ring (bicyclic) bond motifs is 1. The molecule has 9 nitrogen and oxygen atoms in total. The molecule has 2 aromatic heterocycles. The normalized spacial score (nSPS) is 15.8. The highest BCUT2D eigenvalue weighted by molar-refractivity contribution is 5.74. The highest BCUT2D eigenvalue weighted by atomic mass is 16.6. The molecule has 1 aliphatic heterocycles. The molecule has 29 heavy (non-hydrogen) atoms. The summed E-state index contributed by atoms with van der Waals surface area (Å²) in [6, 6.07) is 1.75. The average Bonchev–Trinajstić information content (AvgIpc) is 2.66. The summed E-state index contributed by atoms with van der Waals surface area (Å²) >= 11 is 0. The Morgan fingerprint density at radius 1 is 1.28 bits per heavy atom. The lowest BCUT2D eigenvalue weighted by molar-refractivity contribution is 0.0478. The highest BCUT2D eigenvalue weighted by Crippen LogP contribution is 2.17. The van der Waals surface area contributed by atoms with E-state index in [2.05, 4.69) is 25.0 Å². The van der Waals surface area contributed by atoms with Crippen molar-refractivity contribution >= 4 is 22.9 Å². The quantitative estimate of drug-likeness (QED) is 0.795. The van der Waals surface area contributed by atoms with E-state index in [0.717, 1.165) is 25.9 Å². The molecular formula is C20H26N6O3. The van der Waals surface area contributed by atoms with Crippen molar-refractivity contribution in [1.29, 1.82) is 0 Å². The predicted molar refractivity (Wildman–Crippen MR) is 109 cm³/mol. The van der Waals surface area contributed by atoms with Gasteiger partial charge in [0.15, 0.2) is 5.65 Å². The topological polar surface area (TPSA) is 93.7 Å². The number of hydrogen-bond donors (Lipinski definition) is 1. The molecule has 1 aliphatic rings. The third kappa shape index (κ3) is 5.51. The molecule has 0 aliphatic carbocycles. The van der Waals surface area contributed by atoms with Crippen molar-refractivity contribution in [2.75, 3.05) is 19.6 Å². The van der Waals surface area contributed by atoms with Gasteiger partial charge in [0.25, 0.3) is 5.56 Å². The first-order valence-electron chi connectivity index (χ1n) is 9.70. The number of nitrogens with one attached hydrogen (secondary N) is 1. The van der Waals surface area contributed by atoms with E-state index >= 15 is 0 Å². The summed E-state index contributed by atoms with van der Waals surface area (Å²) in [5.74, 6) is 0. The maximum Gasteiger partial charge on any atom is 0.407 e. The zero-order valence-electron chi connectivity index (χ0n) is 17.0. The lowest BCUT2D eigenvalue weighted by Crippen LogP contribution is -2.46. The van der Waals surface area contributed by atoms with E-state index in [9.17, 15) is 9.59 Å². The Balaban J connectivity index is 1.57. The van der Waals surface area contributed by atoms with Crippen LogP contribution in [0.4, 0.5) is 10.5 Å². The van der Waals surface area contributed by atoms with Crippen LogP contribution in [0, 0.1) is 6.57 Å². The van der Waals surface area contributed by atoms with Crippen molar-refractivity contribution < 1.29 is 9.53 Å². The molecule has 1 fully saturated rings. The zero-order chi connectivity index (χ0) is 21.0. The van der Waals surface area contributed by atoms with Gasteiger partial charge in [-0.05, 0) is 39.7 Å². The Bertz CT molecular complexity index is 980. The fraction of sp³-hybridized carbons (Fsp3) is 0.550. The molecule has 0 unspecified atom stereocenters. The Morgan fingerprint density at radius 2 is 1.97 bits per heavy atom. The zero-order valence-corrected chi connectivity index (χ0v) is 17.0. The number of alkyl carbamates (subject to hydrolysis) is 1. The van der Waals surface area contributed by atoms with Crippen LogP contribution < -0.4 is 10.9 Å². The van der Waals surface area contributed by atoms with Crippen LogP contribution in [0.1, 0.15) is 33.6 Å². The Hall–Kier alpha value is -2.99. The maximum atomic E-state index is 12.3. The average molecular weight is 398 g/mol. The molecule has 0 bridgehead atoms. The van der Waals surface area contributed by atoms with Gasteiger partial charge >= 0.3 is 6.09 Å².